The van der Waals surface area contributed by atoms with Gasteiger partial charge in [-0.25, -0.2) is 4.79 Å². The summed E-state index contributed by atoms with van der Waals surface area (Å²) in [6.07, 6.45) is 0.434. The van der Waals surface area contributed by atoms with Gasteiger partial charge >= 0.3 is 11.9 Å². The second kappa shape index (κ2) is 11.0. The SMILES string of the molecule is COC(=O)C(CC(C)C)NC(=O)COC(=O)C(c1ccccc1)c1ccccc1. The zero-order valence-electron chi connectivity index (χ0n) is 17.0. The lowest BCUT2D eigenvalue weighted by molar-refractivity contribution is -0.151. The Morgan fingerprint density at radius 1 is 0.862 bits per heavy atom. The van der Waals surface area contributed by atoms with Crippen molar-refractivity contribution in [2.24, 2.45) is 5.92 Å². The average molecular weight is 397 g/mol. The van der Waals surface area contributed by atoms with Gasteiger partial charge in [-0.05, 0) is 23.5 Å². The normalized spacial score (nSPS) is 11.8. The van der Waals surface area contributed by atoms with Crippen LogP contribution in [0, 0.1) is 5.92 Å². The van der Waals surface area contributed by atoms with Crippen LogP contribution in [0.3, 0.4) is 0 Å². The Morgan fingerprint density at radius 2 is 1.38 bits per heavy atom. The molecule has 0 aliphatic heterocycles. The van der Waals surface area contributed by atoms with Crippen LogP contribution in [0.5, 0.6) is 0 Å². The second-order valence-electron chi connectivity index (χ2n) is 7.13. The van der Waals surface area contributed by atoms with E-state index in [0.29, 0.717) is 6.42 Å². The molecular weight excluding hydrogens is 370 g/mol. The quantitative estimate of drug-likeness (QED) is 0.658. The third-order valence-corrected chi connectivity index (χ3v) is 4.38. The standard InChI is InChI=1S/C23H27NO5/c1-16(2)14-19(22(26)28-3)24-20(25)15-29-23(27)21(17-10-6-4-7-11-17)18-12-8-5-9-13-18/h4-13,16,19,21H,14-15H2,1-3H3,(H,24,25). The van der Waals surface area contributed by atoms with Crippen LogP contribution in [0.15, 0.2) is 60.7 Å². The molecule has 0 fully saturated rings. The summed E-state index contributed by atoms with van der Waals surface area (Å²) >= 11 is 0. The zero-order chi connectivity index (χ0) is 21.2. The van der Waals surface area contributed by atoms with E-state index in [-0.39, 0.29) is 5.92 Å². The van der Waals surface area contributed by atoms with E-state index >= 15 is 0 Å². The minimum atomic E-state index is -0.773. The highest BCUT2D eigenvalue weighted by Crippen LogP contribution is 2.25. The third kappa shape index (κ3) is 6.75. The minimum absolute atomic E-state index is 0.183. The molecule has 0 aliphatic carbocycles. The van der Waals surface area contributed by atoms with E-state index in [1.54, 1.807) is 0 Å². The molecule has 0 aromatic heterocycles. The molecule has 0 bridgehead atoms. The van der Waals surface area contributed by atoms with Gasteiger partial charge in [0.2, 0.25) is 0 Å². The molecule has 2 aromatic rings. The molecule has 2 aromatic carbocycles. The first-order chi connectivity index (χ1) is 13.9. The molecule has 0 saturated carbocycles. The molecule has 1 amide bonds. The molecule has 0 heterocycles. The van der Waals surface area contributed by atoms with E-state index in [4.69, 9.17) is 9.47 Å². The van der Waals surface area contributed by atoms with Gasteiger partial charge < -0.3 is 14.8 Å². The summed E-state index contributed by atoms with van der Waals surface area (Å²) in [5.41, 5.74) is 1.55. The molecule has 0 radical (unpaired) electrons. The van der Waals surface area contributed by atoms with Crippen molar-refractivity contribution >= 4 is 17.8 Å². The first kappa shape index (κ1) is 22.1. The highest BCUT2D eigenvalue weighted by Gasteiger charge is 2.26. The lowest BCUT2D eigenvalue weighted by atomic mass is 9.91. The molecule has 2 rings (SSSR count). The number of nitrogens with one attached hydrogen (secondary N) is 1. The summed E-state index contributed by atoms with van der Waals surface area (Å²) < 4.78 is 10.0. The number of hydrogen-bond donors (Lipinski definition) is 1. The van der Waals surface area contributed by atoms with Gasteiger partial charge in [0.25, 0.3) is 5.91 Å². The van der Waals surface area contributed by atoms with E-state index < -0.39 is 36.4 Å². The van der Waals surface area contributed by atoms with Gasteiger partial charge in [-0.1, -0.05) is 74.5 Å². The Kier molecular flexibility index (Phi) is 8.40. The maximum absolute atomic E-state index is 12.8. The Morgan fingerprint density at radius 3 is 1.83 bits per heavy atom. The number of methoxy groups -OCH3 is 1. The van der Waals surface area contributed by atoms with Crippen molar-refractivity contribution < 1.29 is 23.9 Å². The highest BCUT2D eigenvalue weighted by atomic mass is 16.5. The fraction of sp³-hybridized carbons (Fsp3) is 0.348. The van der Waals surface area contributed by atoms with Crippen LogP contribution in [0.25, 0.3) is 0 Å². The molecule has 1 N–H and O–H groups in total. The van der Waals surface area contributed by atoms with E-state index in [0.717, 1.165) is 11.1 Å². The second-order valence-corrected chi connectivity index (χ2v) is 7.13. The van der Waals surface area contributed by atoms with Gasteiger partial charge in [-0.15, -0.1) is 0 Å². The molecule has 0 spiro atoms. The van der Waals surface area contributed by atoms with Gasteiger partial charge in [0.05, 0.1) is 7.11 Å². The predicted molar refractivity (Wildman–Crippen MR) is 109 cm³/mol. The molecule has 1 unspecified atom stereocenters. The third-order valence-electron chi connectivity index (χ3n) is 4.38. The van der Waals surface area contributed by atoms with Crippen molar-refractivity contribution in [2.75, 3.05) is 13.7 Å². The fourth-order valence-corrected chi connectivity index (χ4v) is 3.04. The van der Waals surface area contributed by atoms with Crippen LogP contribution in [0.1, 0.15) is 37.3 Å². The number of amides is 1. The highest BCUT2D eigenvalue weighted by molar-refractivity contribution is 5.88. The lowest BCUT2D eigenvalue weighted by Gasteiger charge is -2.19. The number of esters is 2. The van der Waals surface area contributed by atoms with Crippen molar-refractivity contribution in [3.63, 3.8) is 0 Å². The van der Waals surface area contributed by atoms with Crippen molar-refractivity contribution in [3.8, 4) is 0 Å². The van der Waals surface area contributed by atoms with E-state index in [1.165, 1.54) is 7.11 Å². The topological polar surface area (TPSA) is 81.7 Å². The summed E-state index contributed by atoms with van der Waals surface area (Å²) in [6, 6.07) is 17.7. The molecule has 6 nitrogen and oxygen atoms in total. The number of rotatable bonds is 9. The van der Waals surface area contributed by atoms with Crippen LogP contribution in [-0.4, -0.2) is 37.6 Å². The molecular formula is C23H27NO5. The van der Waals surface area contributed by atoms with E-state index in [2.05, 4.69) is 5.32 Å². The van der Waals surface area contributed by atoms with Crippen molar-refractivity contribution in [1.82, 2.24) is 5.32 Å². The Hall–Kier alpha value is -3.15. The molecule has 1 atom stereocenters. The van der Waals surface area contributed by atoms with Gasteiger partial charge in [0.15, 0.2) is 6.61 Å². The smallest absolute Gasteiger partial charge is 0.328 e. The molecule has 6 heteroatoms. The van der Waals surface area contributed by atoms with Gasteiger partial charge in [0.1, 0.15) is 12.0 Å². The van der Waals surface area contributed by atoms with Gasteiger partial charge in [-0.3, -0.25) is 9.59 Å². The molecule has 0 saturated heterocycles. The van der Waals surface area contributed by atoms with Crippen LogP contribution in [0.4, 0.5) is 0 Å². The maximum atomic E-state index is 12.8. The fourth-order valence-electron chi connectivity index (χ4n) is 3.04. The first-order valence-electron chi connectivity index (χ1n) is 9.56. The Labute approximate surface area is 171 Å². The van der Waals surface area contributed by atoms with Crippen LogP contribution in [-0.2, 0) is 23.9 Å². The molecule has 0 aliphatic rings. The van der Waals surface area contributed by atoms with Crippen molar-refractivity contribution in [2.45, 2.75) is 32.2 Å². The van der Waals surface area contributed by atoms with Crippen LogP contribution in [0.2, 0.25) is 0 Å². The summed E-state index contributed by atoms with van der Waals surface area (Å²) in [5.74, 6) is -2.06. The van der Waals surface area contributed by atoms with Crippen LogP contribution >= 0.6 is 0 Å². The van der Waals surface area contributed by atoms with E-state index in [9.17, 15) is 14.4 Å². The van der Waals surface area contributed by atoms with Crippen molar-refractivity contribution in [3.05, 3.63) is 71.8 Å². The first-order valence-corrected chi connectivity index (χ1v) is 9.56. The summed E-state index contributed by atoms with van der Waals surface area (Å²) in [4.78, 5) is 36.9. The lowest BCUT2D eigenvalue weighted by Crippen LogP contribution is -2.44. The Bertz CT molecular complexity index is 765. The predicted octanol–water partition coefficient (Wildman–Crippen LogP) is 3.07. The zero-order valence-corrected chi connectivity index (χ0v) is 17.0. The van der Waals surface area contributed by atoms with E-state index in [1.807, 2.05) is 74.5 Å². The van der Waals surface area contributed by atoms with Gasteiger partial charge in [-0.2, -0.15) is 0 Å². The molecule has 154 valence electrons. The number of carbonyl (C=O) groups excluding carboxylic acids is 3. The summed E-state index contributed by atoms with van der Waals surface area (Å²) in [6.45, 7) is 3.40. The molecule has 29 heavy (non-hydrogen) atoms. The number of carbonyl (C=O) groups is 3. The summed E-state index contributed by atoms with van der Waals surface area (Å²) in [5, 5.41) is 2.58. The van der Waals surface area contributed by atoms with Crippen LogP contribution < -0.4 is 5.32 Å². The minimum Gasteiger partial charge on any atom is -0.467 e. The Balaban J connectivity index is 2.06. The number of ether oxygens (including phenoxy) is 2. The summed E-state index contributed by atoms with van der Waals surface area (Å²) in [7, 11) is 1.27. The van der Waals surface area contributed by atoms with Crippen molar-refractivity contribution in [1.29, 1.82) is 0 Å². The van der Waals surface area contributed by atoms with Gasteiger partial charge in [0, 0.05) is 0 Å². The number of hydrogen-bond acceptors (Lipinski definition) is 5. The average Bonchev–Trinajstić information content (AvgIpc) is 2.72. The largest absolute Gasteiger partial charge is 0.467 e. The maximum Gasteiger partial charge on any atom is 0.328 e. The number of benzene rings is 2. The monoisotopic (exact) mass is 397 g/mol.